The predicted molar refractivity (Wildman–Crippen MR) is 400 cm³/mol. The Kier molecular flexibility index (Phi) is 25.4. The highest BCUT2D eigenvalue weighted by atomic mass is 16.7. The number of benzene rings is 5. The number of carbonyl (C=O) groups excluding carboxylic acids is 5. The van der Waals surface area contributed by atoms with Crippen LogP contribution in [0.3, 0.4) is 0 Å². The highest BCUT2D eigenvalue weighted by Gasteiger charge is 2.59. The van der Waals surface area contributed by atoms with Gasteiger partial charge in [0, 0.05) is 98.7 Å². The van der Waals surface area contributed by atoms with Crippen molar-refractivity contribution in [3.63, 3.8) is 0 Å². The van der Waals surface area contributed by atoms with E-state index in [4.69, 9.17) is 28.6 Å². The van der Waals surface area contributed by atoms with Gasteiger partial charge in [-0.2, -0.15) is 10.1 Å². The zero-order chi connectivity index (χ0) is 75.4. The number of esters is 1. The Hall–Kier alpha value is -7.67. The Morgan fingerprint density at radius 1 is 0.644 bits per heavy atom. The first-order valence-corrected chi connectivity index (χ1v) is 37.1. The Bertz CT molecular complexity index is 3810. The first-order valence-electron chi connectivity index (χ1n) is 37.1. The molecule has 2 aliphatic heterocycles. The van der Waals surface area contributed by atoms with Crippen LogP contribution < -0.4 is 35.1 Å². The van der Waals surface area contributed by atoms with Gasteiger partial charge in [-0.25, -0.2) is 0 Å². The third-order valence-corrected chi connectivity index (χ3v) is 24.1. The molecule has 4 amide bonds. The molecule has 6 aliphatic carbocycles. The van der Waals surface area contributed by atoms with Gasteiger partial charge in [-0.3, -0.25) is 33.6 Å². The molecule has 4 bridgehead atoms. The molecule has 8 fully saturated rings. The lowest BCUT2D eigenvalue weighted by Gasteiger charge is -2.62. The number of fused-ring (bicyclic) bond motifs is 4. The fraction of sp³-hybridized carbons (Fsp3) is 0.573. The maximum Gasteiger partial charge on any atom is 0.306 e. The summed E-state index contributed by atoms with van der Waals surface area (Å²) < 4.78 is 24.0. The number of nitrogens with zero attached hydrogens (tertiary/aromatic N) is 5. The van der Waals surface area contributed by atoms with E-state index in [1.165, 1.54) is 12.8 Å². The molecule has 13 rings (SSSR count). The number of anilines is 1. The van der Waals surface area contributed by atoms with Crippen LogP contribution in [0.2, 0.25) is 0 Å². The number of hydrogen-bond acceptors (Lipinski definition) is 18. The van der Waals surface area contributed by atoms with E-state index >= 15 is 0 Å². The van der Waals surface area contributed by atoms with E-state index in [-0.39, 0.29) is 91.8 Å². The first kappa shape index (κ1) is 78.9. The van der Waals surface area contributed by atoms with Gasteiger partial charge >= 0.3 is 5.97 Å². The number of aliphatic hydroxyl groups excluding tert-OH is 3. The second kappa shape index (κ2) is 33.4. The molecule has 2 unspecified atom stereocenters. The smallest absolute Gasteiger partial charge is 0.306 e. The van der Waals surface area contributed by atoms with Gasteiger partial charge in [0.1, 0.15) is 54.3 Å². The molecule has 6 N–H and O–H groups in total. The number of nitrogens with one attached hydrogen (secondary N) is 3. The number of rotatable bonds is 27. The molecular formula is C82H114N8O14. The van der Waals surface area contributed by atoms with Crippen LogP contribution in [0.4, 0.5) is 5.69 Å². The molecule has 22 heteroatoms. The number of hydroxylamine groups is 4. The van der Waals surface area contributed by atoms with E-state index in [1.807, 2.05) is 129 Å². The van der Waals surface area contributed by atoms with Gasteiger partial charge in [-0.15, -0.1) is 0 Å². The first-order chi connectivity index (χ1) is 49.4. The third kappa shape index (κ3) is 16.8. The van der Waals surface area contributed by atoms with Crippen LogP contribution in [0.15, 0.2) is 103 Å². The minimum Gasteiger partial charge on any atom is -0.497 e. The maximum atomic E-state index is 14.6. The quantitative estimate of drug-likeness (QED) is 0.0268. The second-order valence-corrected chi connectivity index (χ2v) is 31.8. The van der Waals surface area contributed by atoms with E-state index in [2.05, 4.69) is 57.5 Å². The Labute approximate surface area is 615 Å². The number of amides is 4. The summed E-state index contributed by atoms with van der Waals surface area (Å²) in [5, 5.41) is 44.7. The van der Waals surface area contributed by atoms with E-state index in [0.29, 0.717) is 64.6 Å². The predicted octanol–water partition coefficient (Wildman–Crippen LogP) is 9.64. The van der Waals surface area contributed by atoms with Crippen LogP contribution in [-0.2, 0) is 48.5 Å². The SMILES string of the molecule is CNC(=O)c1cc(-c2cccc(CN3O[C@@H](CO)[C@@H]([C@H](C)OC(=O)CCCN(C)C)[C@H]3C(=O)N[C@H]3C[C@H]4C[C@@H]([C@@H]3C)C4(C)C)c2OC)cc(N(C)C)c1.COc1ccc(COc2c(CN3O[C@@H](CO)C(C(C)O)[C@H]3C(=O)N[C@H]3C[C@H]4C[C@@H]([C@@H]3C)C4(C)C)cccc2-c2ccc(C(=O)N(C)C)cc2)cc1. The average molecular weight is 1440 g/mol. The molecule has 566 valence electrons. The van der Waals surface area contributed by atoms with Crippen LogP contribution in [0.5, 0.6) is 17.2 Å². The lowest BCUT2D eigenvalue weighted by Crippen LogP contribution is -2.62. The van der Waals surface area contributed by atoms with Gasteiger partial charge in [0.2, 0.25) is 11.8 Å². The van der Waals surface area contributed by atoms with Crippen LogP contribution in [0.1, 0.15) is 131 Å². The zero-order valence-corrected chi connectivity index (χ0v) is 64.1. The summed E-state index contributed by atoms with van der Waals surface area (Å²) in [5.41, 5.74) is 8.17. The van der Waals surface area contributed by atoms with E-state index in [0.717, 1.165) is 69.8 Å². The average Bonchev–Trinajstić information content (AvgIpc) is 0.902. The summed E-state index contributed by atoms with van der Waals surface area (Å²) in [5.74, 6) is 2.45. The van der Waals surface area contributed by atoms with Crippen molar-refractivity contribution in [1.82, 2.24) is 35.9 Å². The standard InChI is InChI=1S/C41H61N5O7.C41H53N3O7/c1-24-32-20-29(41(32,3)4)21-33(24)43-40(50)37-36(25(2)52-35(48)15-12-16-44(6)7)34(23-47)53-46(37)22-26-13-11-14-31(38(26)51-10)27-17-28(39(49)42-5)19-30(18-27)45(8)9;1-24-33-19-30(41(33,3)4)20-34(24)42-39(47)37-36(25(2)46)35(22-45)51-44(37)21-29-9-8-10-32(27-13-15-28(16-14-27)40(48)43(5)6)38(29)50-23-26-11-17-31(49-7)18-12-26/h11,13-14,17-19,24-25,29,32-34,36-37,47H,12,15-16,20-23H2,1-10H3,(H,42,49)(H,43,50);8-18,24-25,30,33-37,45-46H,19-23H2,1-7H3,(H,42,47)/t24-,25-,29+,32-,33-,34-,36+,37-;24-,25?,30+,33-,34-,35-,36?,37-/m00/s1. The topological polar surface area (TPSA) is 254 Å². The van der Waals surface area contributed by atoms with Crippen molar-refractivity contribution in [2.75, 3.05) is 88.2 Å². The van der Waals surface area contributed by atoms with Gasteiger partial charge < -0.3 is 64.9 Å². The lowest BCUT2D eigenvalue weighted by atomic mass is 9.45. The third-order valence-electron chi connectivity index (χ3n) is 24.1. The molecule has 6 saturated carbocycles. The van der Waals surface area contributed by atoms with Crippen molar-refractivity contribution in [3.05, 3.63) is 131 Å². The molecule has 2 heterocycles. The van der Waals surface area contributed by atoms with Crippen molar-refractivity contribution in [3.8, 4) is 39.5 Å². The van der Waals surface area contributed by atoms with E-state index in [1.54, 1.807) is 76.4 Å². The van der Waals surface area contributed by atoms with Crippen molar-refractivity contribution in [2.24, 2.45) is 58.2 Å². The van der Waals surface area contributed by atoms with Gasteiger partial charge in [-0.1, -0.05) is 102 Å². The summed E-state index contributed by atoms with van der Waals surface area (Å²) in [7, 11) is 16.0. The largest absolute Gasteiger partial charge is 0.497 e. The van der Waals surface area contributed by atoms with Gasteiger partial charge in [0.05, 0.1) is 52.5 Å². The molecule has 5 aromatic rings. The molecule has 2 saturated heterocycles. The van der Waals surface area contributed by atoms with Gasteiger partial charge in [0.25, 0.3) is 11.8 Å². The second-order valence-electron chi connectivity index (χ2n) is 31.8. The number of para-hydroxylation sites is 2. The van der Waals surface area contributed by atoms with Gasteiger partial charge in [-0.05, 0) is 172 Å². The number of ether oxygens (including phenoxy) is 4. The van der Waals surface area contributed by atoms with Crippen molar-refractivity contribution in [1.29, 1.82) is 0 Å². The summed E-state index contributed by atoms with van der Waals surface area (Å²) >= 11 is 0. The summed E-state index contributed by atoms with van der Waals surface area (Å²) in [6.07, 6.45) is 1.97. The van der Waals surface area contributed by atoms with Crippen LogP contribution >= 0.6 is 0 Å². The Balaban J connectivity index is 0.000000223. The van der Waals surface area contributed by atoms with Crippen molar-refractivity contribution < 1.29 is 67.9 Å². The van der Waals surface area contributed by atoms with Crippen LogP contribution in [0, 0.1) is 58.2 Å². The maximum absolute atomic E-state index is 14.6. The van der Waals surface area contributed by atoms with Crippen molar-refractivity contribution >= 4 is 35.3 Å². The number of aliphatic hydroxyl groups is 3. The minimum absolute atomic E-state index is 0.00944. The summed E-state index contributed by atoms with van der Waals surface area (Å²) in [6.45, 7) is 17.9. The fourth-order valence-corrected chi connectivity index (χ4v) is 17.7. The monoisotopic (exact) mass is 1430 g/mol. The molecule has 0 aromatic heterocycles. The summed E-state index contributed by atoms with van der Waals surface area (Å²) in [4.78, 5) is 85.5. The molecule has 8 aliphatic rings. The number of carbonyl (C=O) groups is 5. The highest BCUT2D eigenvalue weighted by molar-refractivity contribution is 5.97. The Morgan fingerprint density at radius 2 is 1.17 bits per heavy atom. The normalized spacial score (nSPS) is 27.0. The van der Waals surface area contributed by atoms with E-state index in [9.17, 15) is 39.3 Å². The molecule has 22 nitrogen and oxygen atoms in total. The molecule has 0 radical (unpaired) electrons. The summed E-state index contributed by atoms with van der Waals surface area (Å²) in [6, 6.07) is 30.7. The number of hydrogen-bond donors (Lipinski definition) is 6. The molecule has 16 atom stereocenters. The molecule has 104 heavy (non-hydrogen) atoms. The Morgan fingerprint density at radius 3 is 1.64 bits per heavy atom. The van der Waals surface area contributed by atoms with Crippen LogP contribution in [0.25, 0.3) is 22.3 Å². The van der Waals surface area contributed by atoms with E-state index < -0.39 is 48.3 Å². The molecule has 0 spiro atoms. The van der Waals surface area contributed by atoms with Crippen molar-refractivity contribution in [2.45, 2.75) is 162 Å². The highest BCUT2D eigenvalue weighted by Crippen LogP contribution is 2.62. The number of methoxy groups -OCH3 is 2. The fourth-order valence-electron chi connectivity index (χ4n) is 17.7. The zero-order valence-electron chi connectivity index (χ0n) is 64.1. The molecular weight excluding hydrogens is 1320 g/mol. The molecule has 5 aromatic carbocycles. The lowest BCUT2D eigenvalue weighted by molar-refractivity contribution is -0.183. The minimum atomic E-state index is -0.903. The van der Waals surface area contributed by atoms with Gasteiger partial charge in [0.15, 0.2) is 0 Å². The van der Waals surface area contributed by atoms with Crippen LogP contribution in [-0.4, -0.2) is 197 Å².